The van der Waals surface area contributed by atoms with Gasteiger partial charge in [0.1, 0.15) is 17.3 Å². The molecule has 30 heavy (non-hydrogen) atoms. The van der Waals surface area contributed by atoms with E-state index in [0.29, 0.717) is 15.6 Å². The summed E-state index contributed by atoms with van der Waals surface area (Å²) in [6, 6.07) is 10.6. The van der Waals surface area contributed by atoms with E-state index in [1.807, 2.05) is 0 Å². The maximum Gasteiger partial charge on any atom is 0.270 e. The molecule has 0 bridgehead atoms. The van der Waals surface area contributed by atoms with E-state index in [1.54, 1.807) is 23.6 Å². The second kappa shape index (κ2) is 10.4. The highest BCUT2D eigenvalue weighted by Gasteiger charge is 2.12. The van der Waals surface area contributed by atoms with Crippen molar-refractivity contribution < 1.29 is 18.7 Å². The Morgan fingerprint density at radius 1 is 1.03 bits per heavy atom. The number of benzene rings is 2. The summed E-state index contributed by atoms with van der Waals surface area (Å²) in [6.07, 6.45) is 0. The van der Waals surface area contributed by atoms with Crippen LogP contribution in [0.3, 0.4) is 0 Å². The number of halogens is 3. The van der Waals surface area contributed by atoms with Gasteiger partial charge in [0.25, 0.3) is 11.8 Å². The lowest BCUT2D eigenvalue weighted by atomic mass is 10.2. The molecule has 2 N–H and O–H groups in total. The Morgan fingerprint density at radius 2 is 1.77 bits per heavy atom. The molecule has 0 radical (unpaired) electrons. The fraction of sp³-hybridized carbons (Fsp3) is 0.150. The average Bonchev–Trinajstić information content (AvgIpc) is 3.21. The van der Waals surface area contributed by atoms with E-state index in [0.717, 1.165) is 0 Å². The Hall–Kier alpha value is -2.68. The third kappa shape index (κ3) is 5.91. The number of ether oxygens (including phenoxy) is 1. The van der Waals surface area contributed by atoms with E-state index >= 15 is 0 Å². The predicted molar refractivity (Wildman–Crippen MR) is 114 cm³/mol. The first-order chi connectivity index (χ1) is 14.4. The number of nitrogens with zero attached hydrogens (tertiary/aromatic N) is 1. The molecule has 0 saturated heterocycles. The van der Waals surface area contributed by atoms with Gasteiger partial charge >= 0.3 is 0 Å². The molecule has 156 valence electrons. The maximum atomic E-state index is 13.6. The Bertz CT molecular complexity index is 1060. The molecular weight excluding hydrogens is 452 g/mol. The fourth-order valence-electron chi connectivity index (χ4n) is 2.36. The van der Waals surface area contributed by atoms with Crippen LogP contribution in [0.4, 0.5) is 4.39 Å². The van der Waals surface area contributed by atoms with Gasteiger partial charge in [-0.1, -0.05) is 35.3 Å². The first-order valence-electron chi connectivity index (χ1n) is 8.77. The van der Waals surface area contributed by atoms with E-state index in [2.05, 4.69) is 15.6 Å². The van der Waals surface area contributed by atoms with E-state index < -0.39 is 5.82 Å². The summed E-state index contributed by atoms with van der Waals surface area (Å²) < 4.78 is 18.9. The third-order valence-electron chi connectivity index (χ3n) is 3.85. The minimum Gasteiger partial charge on any atom is -0.483 e. The minimum absolute atomic E-state index is 0.0542. The highest BCUT2D eigenvalue weighted by Crippen LogP contribution is 2.22. The van der Waals surface area contributed by atoms with Gasteiger partial charge in [0, 0.05) is 24.0 Å². The van der Waals surface area contributed by atoms with Gasteiger partial charge < -0.3 is 15.4 Å². The number of thiazole rings is 1. The zero-order valence-electron chi connectivity index (χ0n) is 15.5. The van der Waals surface area contributed by atoms with Crippen molar-refractivity contribution in [3.63, 3.8) is 0 Å². The molecule has 2 amide bonds. The number of aromatic nitrogens is 1. The molecule has 0 aliphatic heterocycles. The summed E-state index contributed by atoms with van der Waals surface area (Å²) in [5, 5.41) is 8.11. The molecule has 0 atom stereocenters. The van der Waals surface area contributed by atoms with Crippen molar-refractivity contribution >= 4 is 46.4 Å². The molecule has 3 rings (SSSR count). The van der Waals surface area contributed by atoms with Gasteiger partial charge in [-0.25, -0.2) is 9.37 Å². The normalized spacial score (nSPS) is 10.5. The zero-order valence-corrected chi connectivity index (χ0v) is 17.8. The molecule has 0 saturated carbocycles. The second-order valence-corrected chi connectivity index (χ2v) is 7.74. The van der Waals surface area contributed by atoms with Crippen LogP contribution in [0.25, 0.3) is 0 Å². The number of rotatable bonds is 8. The smallest absolute Gasteiger partial charge is 0.270 e. The van der Waals surface area contributed by atoms with Crippen LogP contribution in [0.1, 0.15) is 25.9 Å². The highest BCUT2D eigenvalue weighted by molar-refractivity contribution is 7.09. The number of hydrogen-bond acceptors (Lipinski definition) is 5. The lowest BCUT2D eigenvalue weighted by Crippen LogP contribution is -2.34. The van der Waals surface area contributed by atoms with Crippen molar-refractivity contribution in [1.82, 2.24) is 15.6 Å². The molecule has 1 aromatic heterocycles. The highest BCUT2D eigenvalue weighted by atomic mass is 35.5. The van der Waals surface area contributed by atoms with Gasteiger partial charge in [0.05, 0.1) is 10.0 Å². The molecular formula is C20H16Cl2FN3O3S. The molecule has 0 aliphatic rings. The quantitative estimate of drug-likeness (QED) is 0.483. The summed E-state index contributed by atoms with van der Waals surface area (Å²) >= 11 is 13.0. The Morgan fingerprint density at radius 3 is 2.50 bits per heavy atom. The van der Waals surface area contributed by atoms with Crippen molar-refractivity contribution in [2.24, 2.45) is 0 Å². The molecule has 3 aromatic rings. The van der Waals surface area contributed by atoms with Crippen molar-refractivity contribution in [3.8, 4) is 5.75 Å². The van der Waals surface area contributed by atoms with E-state index in [-0.39, 0.29) is 48.0 Å². The van der Waals surface area contributed by atoms with Gasteiger partial charge in [-0.2, -0.15) is 0 Å². The van der Waals surface area contributed by atoms with Crippen LogP contribution in [-0.2, 0) is 6.61 Å². The van der Waals surface area contributed by atoms with Crippen molar-refractivity contribution in [3.05, 3.63) is 80.0 Å². The third-order valence-corrected chi connectivity index (χ3v) is 5.41. The van der Waals surface area contributed by atoms with E-state index in [1.165, 1.54) is 35.6 Å². The van der Waals surface area contributed by atoms with Crippen molar-refractivity contribution in [1.29, 1.82) is 0 Å². The molecule has 0 fully saturated rings. The topological polar surface area (TPSA) is 80.3 Å². The van der Waals surface area contributed by atoms with Crippen LogP contribution in [0, 0.1) is 5.82 Å². The van der Waals surface area contributed by atoms with Crippen molar-refractivity contribution in [2.75, 3.05) is 13.1 Å². The molecule has 0 aliphatic carbocycles. The number of carbonyl (C=O) groups excluding carboxylic acids is 2. The zero-order chi connectivity index (χ0) is 21.5. The lowest BCUT2D eigenvalue weighted by Gasteiger charge is -2.07. The Balaban J connectivity index is 1.42. The average molecular weight is 468 g/mol. The predicted octanol–water partition coefficient (Wildman–Crippen LogP) is 4.33. The van der Waals surface area contributed by atoms with Crippen LogP contribution in [0.2, 0.25) is 10.0 Å². The maximum absolute atomic E-state index is 13.6. The van der Waals surface area contributed by atoms with Gasteiger partial charge in [0.2, 0.25) is 0 Å². The first-order valence-corrected chi connectivity index (χ1v) is 10.4. The van der Waals surface area contributed by atoms with Gasteiger partial charge in [-0.05, 0) is 30.3 Å². The number of nitrogens with one attached hydrogen (secondary N) is 2. The summed E-state index contributed by atoms with van der Waals surface area (Å²) in [5.74, 6) is -1.05. The number of para-hydroxylation sites is 1. The van der Waals surface area contributed by atoms with Gasteiger partial charge in [0.15, 0.2) is 11.6 Å². The summed E-state index contributed by atoms with van der Waals surface area (Å²) in [6.45, 7) is 0.487. The van der Waals surface area contributed by atoms with Gasteiger partial charge in [-0.15, -0.1) is 11.3 Å². The number of amides is 2. The molecule has 2 aromatic carbocycles. The monoisotopic (exact) mass is 467 g/mol. The van der Waals surface area contributed by atoms with Crippen LogP contribution < -0.4 is 15.4 Å². The molecule has 1 heterocycles. The molecule has 0 unspecified atom stereocenters. The Kier molecular flexibility index (Phi) is 7.62. The SMILES string of the molecule is O=C(NCCNC(=O)c1csc(COc2ccccc2F)n1)c1ccc(Cl)c(Cl)c1. The van der Waals surface area contributed by atoms with E-state index in [9.17, 15) is 14.0 Å². The standard InChI is InChI=1S/C20H16Cl2FN3O3S/c21-13-6-5-12(9-14(13)22)19(27)24-7-8-25-20(28)16-11-30-18(26-16)10-29-17-4-2-1-3-15(17)23/h1-6,9,11H,7-8,10H2,(H,24,27)(H,25,28). The first kappa shape index (κ1) is 22.0. The summed E-state index contributed by atoms with van der Waals surface area (Å²) in [5.41, 5.74) is 0.595. The number of carbonyl (C=O) groups is 2. The minimum atomic E-state index is -0.463. The van der Waals surface area contributed by atoms with Crippen LogP contribution in [-0.4, -0.2) is 29.9 Å². The van der Waals surface area contributed by atoms with Gasteiger partial charge in [-0.3, -0.25) is 9.59 Å². The Labute approximate surface area is 186 Å². The van der Waals surface area contributed by atoms with Crippen LogP contribution in [0.5, 0.6) is 5.75 Å². The van der Waals surface area contributed by atoms with Crippen molar-refractivity contribution in [2.45, 2.75) is 6.61 Å². The fourth-order valence-corrected chi connectivity index (χ4v) is 3.35. The summed E-state index contributed by atoms with van der Waals surface area (Å²) in [7, 11) is 0. The lowest BCUT2D eigenvalue weighted by molar-refractivity contribution is 0.0925. The summed E-state index contributed by atoms with van der Waals surface area (Å²) in [4.78, 5) is 28.4. The molecule has 6 nitrogen and oxygen atoms in total. The second-order valence-electron chi connectivity index (χ2n) is 5.99. The molecule has 10 heteroatoms. The number of hydrogen-bond donors (Lipinski definition) is 2. The van der Waals surface area contributed by atoms with Crippen LogP contribution in [0.15, 0.2) is 47.8 Å². The molecule has 0 spiro atoms. The van der Waals surface area contributed by atoms with Crippen LogP contribution >= 0.6 is 34.5 Å². The largest absolute Gasteiger partial charge is 0.483 e. The van der Waals surface area contributed by atoms with E-state index in [4.69, 9.17) is 27.9 Å².